The topological polar surface area (TPSA) is 39.2 Å². The monoisotopic (exact) mass is 1410 g/mol. The van der Waals surface area contributed by atoms with Gasteiger partial charge in [0.15, 0.2) is 0 Å². The second-order valence-electron chi connectivity index (χ2n) is 28.8. The van der Waals surface area contributed by atoms with Gasteiger partial charge in [-0.3, -0.25) is 0 Å². The Morgan fingerprint density at radius 2 is 0.482 bits per heavy atom. The van der Waals surface area contributed by atoms with Crippen LogP contribution in [0.3, 0.4) is 0 Å². The highest BCUT2D eigenvalue weighted by Crippen LogP contribution is 2.55. The number of hydrogen-bond acceptors (Lipinski definition) is 6. The van der Waals surface area contributed by atoms with Crippen LogP contribution in [0.4, 0.5) is 68.2 Å². The Bertz CT molecular complexity index is 6110. The first-order valence-electron chi connectivity index (χ1n) is 37.7. The molecular formula is C104H76N4O2. The molecule has 16 aromatic carbocycles. The summed E-state index contributed by atoms with van der Waals surface area (Å²) in [7, 11) is 0. The van der Waals surface area contributed by atoms with Gasteiger partial charge in [-0.15, -0.1) is 0 Å². The zero-order valence-corrected chi connectivity index (χ0v) is 61.1. The average Bonchev–Trinajstić information content (AvgIpc) is 1.55. The lowest BCUT2D eigenvalue weighted by Gasteiger charge is -2.25. The molecule has 0 amide bonds. The van der Waals surface area contributed by atoms with E-state index in [1.165, 1.54) is 88.7 Å². The summed E-state index contributed by atoms with van der Waals surface area (Å²) in [6.07, 6.45) is 0.867. The Kier molecular flexibility index (Phi) is 17.3. The van der Waals surface area contributed by atoms with Gasteiger partial charge in [-0.1, -0.05) is 244 Å². The highest BCUT2D eigenvalue weighted by atomic mass is 16.3. The van der Waals surface area contributed by atoms with Crippen molar-refractivity contribution in [3.05, 3.63) is 435 Å². The number of benzene rings is 16. The fourth-order valence-electron chi connectivity index (χ4n) is 16.3. The third-order valence-electron chi connectivity index (χ3n) is 21.7. The lowest BCUT2D eigenvalue weighted by Crippen LogP contribution is -2.14. The van der Waals surface area contributed by atoms with Gasteiger partial charge in [-0.25, -0.2) is 0 Å². The molecule has 6 nitrogen and oxygen atoms in total. The van der Waals surface area contributed by atoms with Gasteiger partial charge in [-0.05, 0) is 238 Å². The van der Waals surface area contributed by atoms with E-state index in [1.807, 2.05) is 0 Å². The molecule has 0 saturated carbocycles. The molecule has 524 valence electrons. The molecule has 2 aliphatic carbocycles. The second-order valence-corrected chi connectivity index (χ2v) is 28.8. The molecule has 20 rings (SSSR count). The van der Waals surface area contributed by atoms with Gasteiger partial charge in [0.05, 0.1) is 0 Å². The van der Waals surface area contributed by atoms with Crippen molar-refractivity contribution in [3.63, 3.8) is 0 Å². The third kappa shape index (κ3) is 12.5. The van der Waals surface area contributed by atoms with Gasteiger partial charge in [0.25, 0.3) is 0 Å². The maximum absolute atomic E-state index is 6.74. The highest BCUT2D eigenvalue weighted by molar-refractivity contribution is 5.99. The van der Waals surface area contributed by atoms with Crippen LogP contribution in [0.15, 0.2) is 421 Å². The largest absolute Gasteiger partial charge is 0.456 e. The second kappa shape index (κ2) is 28.6. The van der Waals surface area contributed by atoms with Crippen molar-refractivity contribution in [1.29, 1.82) is 0 Å². The molecule has 2 heterocycles. The normalized spacial score (nSPS) is 12.1. The van der Waals surface area contributed by atoms with Crippen molar-refractivity contribution in [3.8, 4) is 67.2 Å². The molecule has 6 heteroatoms. The number of para-hydroxylation sites is 8. The summed E-state index contributed by atoms with van der Waals surface area (Å²) in [6, 6.07) is 147. The van der Waals surface area contributed by atoms with Crippen LogP contribution >= 0.6 is 0 Å². The average molecular weight is 1410 g/mol. The first-order valence-corrected chi connectivity index (χ1v) is 37.7. The maximum atomic E-state index is 6.74. The minimum Gasteiger partial charge on any atom is -0.456 e. The summed E-state index contributed by atoms with van der Waals surface area (Å²) in [5.74, 6) is 1.97. The molecule has 0 radical (unpaired) electrons. The van der Waals surface area contributed by atoms with Crippen LogP contribution in [0.2, 0.25) is 0 Å². The van der Waals surface area contributed by atoms with Crippen molar-refractivity contribution in [1.82, 2.24) is 0 Å². The fraction of sp³-hybridized carbons (Fsp3) is 0.0385. The van der Waals surface area contributed by atoms with Gasteiger partial charge < -0.3 is 28.4 Å². The van der Waals surface area contributed by atoms with Crippen LogP contribution < -0.4 is 19.6 Å². The Balaban J connectivity index is 0.000000149. The van der Waals surface area contributed by atoms with Crippen molar-refractivity contribution in [2.75, 3.05) is 19.6 Å². The zero-order chi connectivity index (χ0) is 73.5. The molecule has 110 heavy (non-hydrogen) atoms. The van der Waals surface area contributed by atoms with Gasteiger partial charge in [0.1, 0.15) is 22.7 Å². The fourth-order valence-corrected chi connectivity index (χ4v) is 16.3. The summed E-state index contributed by atoms with van der Waals surface area (Å²) in [4.78, 5) is 9.17. The van der Waals surface area contributed by atoms with Crippen LogP contribution in [-0.4, -0.2) is 0 Å². The van der Waals surface area contributed by atoms with E-state index in [1.54, 1.807) is 0 Å². The predicted molar refractivity (Wildman–Crippen MR) is 459 cm³/mol. The van der Waals surface area contributed by atoms with E-state index in [4.69, 9.17) is 8.83 Å². The predicted octanol–water partition coefficient (Wildman–Crippen LogP) is 29.3. The summed E-state index contributed by atoms with van der Waals surface area (Å²) < 4.78 is 13.3. The smallest absolute Gasteiger partial charge is 0.139 e. The maximum Gasteiger partial charge on any atom is 0.139 e. The van der Waals surface area contributed by atoms with E-state index >= 15 is 0 Å². The number of rotatable bonds is 16. The first-order chi connectivity index (χ1) is 54.3. The van der Waals surface area contributed by atoms with Crippen molar-refractivity contribution < 1.29 is 8.83 Å². The lowest BCUT2D eigenvalue weighted by atomic mass is 9.81. The number of hydrogen-bond donors (Lipinski definition) is 0. The minimum atomic E-state index is -0.210. The van der Waals surface area contributed by atoms with Gasteiger partial charge in [0, 0.05) is 113 Å². The Morgan fingerprint density at radius 1 is 0.227 bits per heavy atom. The standard InChI is InChI=1S/C53H40N2O.C51H36N2O/c1-53(2)49-33-27-39(37-23-29-45(30-24-37)54(41-15-7-3-8-16-41)42-17-9-4-10-18-42)35-47(49)52-51(53)48-36-40(28-34-50(48)56-52)38-25-31-46(32-26-38)55(43-19-11-5-12-20-43)44-21-13-6-14-22-44;1-5-13-41(14-6-1)52(42-15-7-2-8-16-42)45-28-23-36(24-29-45)38-21-22-40-35-49-48-34-39(27-32-50(48)54-51(49)47(40)33-38)37-25-30-46(31-26-37)53(43-17-9-3-10-18-43)44-19-11-4-12-20-44/h3-36H,1-2H3;1-34H,35H2. The number of fused-ring (bicyclic) bond motifs is 10. The summed E-state index contributed by atoms with van der Waals surface area (Å²) in [5, 5.41) is 2.36. The van der Waals surface area contributed by atoms with Gasteiger partial charge in [0.2, 0.25) is 0 Å². The molecule has 18 aromatic rings. The van der Waals surface area contributed by atoms with Crippen LogP contribution in [-0.2, 0) is 11.8 Å². The van der Waals surface area contributed by atoms with Crippen LogP contribution in [0.1, 0.15) is 36.1 Å². The molecule has 0 aliphatic heterocycles. The van der Waals surface area contributed by atoms with E-state index in [0.717, 1.165) is 97.4 Å². The van der Waals surface area contributed by atoms with Crippen molar-refractivity contribution in [2.45, 2.75) is 25.7 Å². The molecule has 2 aromatic heterocycles. The number of furan rings is 2. The van der Waals surface area contributed by atoms with Crippen LogP contribution in [0.5, 0.6) is 0 Å². The number of nitrogens with zero attached hydrogens (tertiary/aromatic N) is 4. The van der Waals surface area contributed by atoms with E-state index < -0.39 is 0 Å². The van der Waals surface area contributed by atoms with Crippen LogP contribution in [0, 0.1) is 0 Å². The quantitative estimate of drug-likeness (QED) is 0.0960. The first kappa shape index (κ1) is 66.5. The Hall–Kier alpha value is -14.2. The SMILES string of the molecule is CC1(C)c2ccc(-c3ccc(N(c4ccccc4)c4ccccc4)cc3)cc2-c2oc3ccc(-c4ccc(N(c5ccccc5)c5ccccc5)cc4)cc3c21.c1ccc(N(c2ccccc2)c2ccc(-c3ccc4c(c3)-c3oc5ccc(-c6ccc(N(c7ccccc7)c7ccccc7)cc6)cc5c3C4)cc2)cc1. The Labute approximate surface area is 642 Å². The zero-order valence-electron chi connectivity index (χ0n) is 61.1. The summed E-state index contributed by atoms with van der Waals surface area (Å²) in [6.45, 7) is 4.65. The highest BCUT2D eigenvalue weighted by Gasteiger charge is 2.41. The van der Waals surface area contributed by atoms with E-state index in [-0.39, 0.29) is 5.41 Å². The minimum absolute atomic E-state index is 0.210. The van der Waals surface area contributed by atoms with Gasteiger partial charge >= 0.3 is 0 Å². The van der Waals surface area contributed by atoms with E-state index in [9.17, 15) is 0 Å². The van der Waals surface area contributed by atoms with E-state index in [2.05, 4.69) is 446 Å². The molecular weight excluding hydrogens is 1340 g/mol. The number of anilines is 12. The molecule has 0 bridgehead atoms. The van der Waals surface area contributed by atoms with Gasteiger partial charge in [-0.2, -0.15) is 0 Å². The van der Waals surface area contributed by atoms with Crippen molar-refractivity contribution >= 4 is 90.2 Å². The van der Waals surface area contributed by atoms with Crippen LogP contribution in [0.25, 0.3) is 89.1 Å². The molecule has 0 saturated heterocycles. The van der Waals surface area contributed by atoms with E-state index in [0.29, 0.717) is 0 Å². The Morgan fingerprint density at radius 3 is 0.818 bits per heavy atom. The molecule has 2 aliphatic rings. The molecule has 0 unspecified atom stereocenters. The lowest BCUT2D eigenvalue weighted by molar-refractivity contribution is 0.619. The molecule has 0 atom stereocenters. The summed E-state index contributed by atoms with van der Waals surface area (Å²) >= 11 is 0. The third-order valence-corrected chi connectivity index (χ3v) is 21.7. The summed E-state index contributed by atoms with van der Waals surface area (Å²) in [5.41, 5.74) is 32.0. The molecule has 0 fully saturated rings. The molecule has 0 N–H and O–H groups in total. The molecule has 0 spiro atoms. The van der Waals surface area contributed by atoms with Crippen molar-refractivity contribution in [2.24, 2.45) is 0 Å².